The Hall–Kier alpha value is -2.01. The predicted octanol–water partition coefficient (Wildman–Crippen LogP) is 2.05. The van der Waals surface area contributed by atoms with Crippen molar-refractivity contribution in [2.75, 3.05) is 5.75 Å². The van der Waals surface area contributed by atoms with E-state index in [2.05, 4.69) is 0 Å². The molecule has 1 unspecified atom stereocenters. The number of hydrogen-bond acceptors (Lipinski definition) is 3. The van der Waals surface area contributed by atoms with E-state index in [-0.39, 0.29) is 17.5 Å². The third-order valence-electron chi connectivity index (χ3n) is 3.21. The number of thioether (sulfide) groups is 1. The number of fused-ring (bicyclic) bond motifs is 2. The van der Waals surface area contributed by atoms with E-state index in [0.717, 1.165) is 11.3 Å². The molecule has 0 saturated heterocycles. The van der Waals surface area contributed by atoms with Gasteiger partial charge in [-0.25, -0.2) is 4.79 Å². The van der Waals surface area contributed by atoms with Crippen molar-refractivity contribution in [2.45, 2.75) is 0 Å². The van der Waals surface area contributed by atoms with E-state index in [1.807, 2.05) is 30.4 Å². The first-order chi connectivity index (χ1) is 9.18. The quantitative estimate of drug-likeness (QED) is 0.794. The molecule has 19 heavy (non-hydrogen) atoms. The van der Waals surface area contributed by atoms with Crippen molar-refractivity contribution in [1.82, 2.24) is 4.90 Å². The molecule has 1 N–H and O–H groups in total. The van der Waals surface area contributed by atoms with E-state index < -0.39 is 5.97 Å². The zero-order valence-electron chi connectivity index (χ0n) is 9.95. The highest BCUT2D eigenvalue weighted by atomic mass is 32.2. The molecule has 0 fully saturated rings. The van der Waals surface area contributed by atoms with Crippen molar-refractivity contribution in [3.05, 3.63) is 58.8 Å². The van der Waals surface area contributed by atoms with Crippen LogP contribution in [0.2, 0.25) is 0 Å². The van der Waals surface area contributed by atoms with Crippen LogP contribution in [0.5, 0.6) is 0 Å². The molecule has 0 aromatic rings. The fourth-order valence-corrected chi connectivity index (χ4v) is 3.25. The molecule has 1 amide bonds. The molecule has 2 heterocycles. The first-order valence-electron chi connectivity index (χ1n) is 5.84. The molecule has 0 bridgehead atoms. The molecule has 0 aromatic carbocycles. The lowest BCUT2D eigenvalue weighted by molar-refractivity contribution is -0.137. The van der Waals surface area contributed by atoms with Crippen LogP contribution < -0.4 is 0 Å². The maximum atomic E-state index is 12.2. The van der Waals surface area contributed by atoms with Crippen molar-refractivity contribution in [3.8, 4) is 0 Å². The molecule has 1 atom stereocenters. The highest BCUT2D eigenvalue weighted by molar-refractivity contribution is 8.02. The molecular formula is C14H11NO3S. The Morgan fingerprint density at radius 1 is 1.32 bits per heavy atom. The average molecular weight is 273 g/mol. The molecule has 0 saturated carbocycles. The van der Waals surface area contributed by atoms with Gasteiger partial charge in [0, 0.05) is 28.9 Å². The number of nitrogens with zero attached hydrogens (tertiary/aromatic N) is 1. The number of carboxylic acid groups (broad SMARTS) is 1. The first-order valence-corrected chi connectivity index (χ1v) is 6.88. The van der Waals surface area contributed by atoms with Gasteiger partial charge in [0.25, 0.3) is 5.91 Å². The maximum absolute atomic E-state index is 12.2. The number of carbonyl (C=O) groups is 2. The minimum absolute atomic E-state index is 0.0250. The average Bonchev–Trinajstić information content (AvgIpc) is 2.57. The minimum Gasteiger partial charge on any atom is -0.477 e. The molecule has 0 aromatic heterocycles. The summed E-state index contributed by atoms with van der Waals surface area (Å²) in [6, 6.07) is 0. The van der Waals surface area contributed by atoms with Crippen molar-refractivity contribution in [2.24, 2.45) is 5.92 Å². The van der Waals surface area contributed by atoms with Gasteiger partial charge in [-0.05, 0) is 5.57 Å². The fraction of sp³-hybridized carbons (Fsp3) is 0.143. The molecule has 0 spiro atoms. The lowest BCUT2D eigenvalue weighted by atomic mass is 9.93. The molecule has 96 valence electrons. The highest BCUT2D eigenvalue weighted by Gasteiger charge is 2.33. The Morgan fingerprint density at radius 2 is 2.16 bits per heavy atom. The fourth-order valence-electron chi connectivity index (χ4n) is 2.35. The number of hydrogen-bond donors (Lipinski definition) is 1. The van der Waals surface area contributed by atoms with Crippen molar-refractivity contribution >= 4 is 23.6 Å². The molecule has 1 aliphatic carbocycles. The number of carbonyl (C=O) groups excluding carboxylic acids is 1. The Balaban J connectivity index is 2.17. The highest BCUT2D eigenvalue weighted by Crippen LogP contribution is 2.36. The van der Waals surface area contributed by atoms with E-state index in [9.17, 15) is 14.7 Å². The van der Waals surface area contributed by atoms with Crippen LogP contribution in [0.3, 0.4) is 0 Å². The third kappa shape index (κ3) is 1.96. The summed E-state index contributed by atoms with van der Waals surface area (Å²) in [6.07, 6.45) is 11.1. The van der Waals surface area contributed by atoms with Gasteiger partial charge in [0.05, 0.1) is 0 Å². The van der Waals surface area contributed by atoms with Gasteiger partial charge in [0.2, 0.25) is 0 Å². The van der Waals surface area contributed by atoms with Crippen LogP contribution in [0.1, 0.15) is 0 Å². The van der Waals surface area contributed by atoms with Crippen LogP contribution in [-0.2, 0) is 9.59 Å². The summed E-state index contributed by atoms with van der Waals surface area (Å²) in [5, 5.41) is 10.8. The second-order valence-corrected chi connectivity index (χ2v) is 5.18. The van der Waals surface area contributed by atoms with Gasteiger partial charge in [-0.3, -0.25) is 9.69 Å². The Morgan fingerprint density at radius 3 is 2.95 bits per heavy atom. The van der Waals surface area contributed by atoms with Crippen LogP contribution in [0.15, 0.2) is 58.8 Å². The van der Waals surface area contributed by atoms with E-state index in [1.165, 1.54) is 28.1 Å². The third-order valence-corrected chi connectivity index (χ3v) is 4.04. The van der Waals surface area contributed by atoms with Crippen molar-refractivity contribution < 1.29 is 14.7 Å². The zero-order chi connectivity index (χ0) is 13.4. The second kappa shape index (κ2) is 4.59. The van der Waals surface area contributed by atoms with E-state index in [4.69, 9.17) is 0 Å². The SMILES string of the molecule is O=C(O)C1=CSCC2=C3C=CC=CC3C=CC(=O)N12. The number of allylic oxidation sites excluding steroid dienone is 6. The topological polar surface area (TPSA) is 57.6 Å². The summed E-state index contributed by atoms with van der Waals surface area (Å²) in [5.74, 6) is -0.732. The summed E-state index contributed by atoms with van der Waals surface area (Å²) in [4.78, 5) is 24.7. The molecule has 3 aliphatic rings. The Bertz CT molecular complexity index is 610. The summed E-state index contributed by atoms with van der Waals surface area (Å²) in [6.45, 7) is 0. The Labute approximate surface area is 114 Å². The van der Waals surface area contributed by atoms with E-state index in [1.54, 1.807) is 0 Å². The second-order valence-electron chi connectivity index (χ2n) is 4.32. The van der Waals surface area contributed by atoms with Gasteiger partial charge < -0.3 is 5.11 Å². The normalized spacial score (nSPS) is 24.8. The summed E-state index contributed by atoms with van der Waals surface area (Å²) in [5.41, 5.74) is 1.78. The van der Waals surface area contributed by atoms with Gasteiger partial charge in [-0.1, -0.05) is 30.4 Å². The van der Waals surface area contributed by atoms with E-state index >= 15 is 0 Å². The zero-order valence-corrected chi connectivity index (χ0v) is 10.8. The maximum Gasteiger partial charge on any atom is 0.353 e. The van der Waals surface area contributed by atoms with E-state index in [0.29, 0.717) is 5.75 Å². The number of amides is 1. The summed E-state index contributed by atoms with van der Waals surface area (Å²) >= 11 is 1.40. The molecular weight excluding hydrogens is 262 g/mol. The van der Waals surface area contributed by atoms with Crippen LogP contribution in [0.25, 0.3) is 0 Å². The molecule has 5 heteroatoms. The first kappa shape index (κ1) is 12.0. The minimum atomic E-state index is -1.08. The van der Waals surface area contributed by atoms with Crippen LogP contribution >= 0.6 is 11.8 Å². The Kier molecular flexibility index (Phi) is 2.91. The number of carboxylic acids is 1. The van der Waals surface area contributed by atoms with Crippen LogP contribution in [-0.4, -0.2) is 27.6 Å². The van der Waals surface area contributed by atoms with Gasteiger partial charge in [-0.15, -0.1) is 11.8 Å². The largest absolute Gasteiger partial charge is 0.477 e. The van der Waals surface area contributed by atoms with Gasteiger partial charge in [0.1, 0.15) is 5.70 Å². The van der Waals surface area contributed by atoms with Crippen molar-refractivity contribution in [1.29, 1.82) is 0 Å². The van der Waals surface area contributed by atoms with Gasteiger partial charge >= 0.3 is 5.97 Å². The standard InChI is InChI=1S/C14H11NO3S/c16-13-6-5-9-3-1-2-4-10(9)11-7-19-8-12(14(17)18)15(11)13/h1-6,8-9H,7H2,(H,17,18). The number of rotatable bonds is 1. The van der Waals surface area contributed by atoms with Crippen LogP contribution in [0, 0.1) is 5.92 Å². The monoisotopic (exact) mass is 273 g/mol. The summed E-state index contributed by atoms with van der Waals surface area (Å²) in [7, 11) is 0. The molecule has 2 aliphatic heterocycles. The predicted molar refractivity (Wildman–Crippen MR) is 73.0 cm³/mol. The van der Waals surface area contributed by atoms with Crippen LogP contribution in [0.4, 0.5) is 0 Å². The number of aliphatic carboxylic acids is 1. The molecule has 0 radical (unpaired) electrons. The molecule has 3 rings (SSSR count). The smallest absolute Gasteiger partial charge is 0.353 e. The lowest BCUT2D eigenvalue weighted by Crippen LogP contribution is -2.34. The van der Waals surface area contributed by atoms with Gasteiger partial charge in [0.15, 0.2) is 0 Å². The van der Waals surface area contributed by atoms with Crippen molar-refractivity contribution in [3.63, 3.8) is 0 Å². The van der Waals surface area contributed by atoms with Gasteiger partial charge in [-0.2, -0.15) is 0 Å². The lowest BCUT2D eigenvalue weighted by Gasteiger charge is -2.29. The molecule has 4 nitrogen and oxygen atoms in total. The summed E-state index contributed by atoms with van der Waals surface area (Å²) < 4.78 is 0.